The highest BCUT2D eigenvalue weighted by Gasteiger charge is 2.03. The molecule has 0 bridgehead atoms. The van der Waals surface area contributed by atoms with Crippen LogP contribution < -0.4 is 5.73 Å². The molecule has 1 heterocycles. The lowest BCUT2D eigenvalue weighted by atomic mass is 10.1. The first-order valence-electron chi connectivity index (χ1n) is 3.97. The normalized spacial score (nSPS) is 12.6. The highest BCUT2D eigenvalue weighted by atomic mass is 14.8. The summed E-state index contributed by atoms with van der Waals surface area (Å²) in [4.78, 5) is 4.31. The van der Waals surface area contributed by atoms with Crippen LogP contribution in [0.4, 0.5) is 0 Å². The van der Waals surface area contributed by atoms with Gasteiger partial charge in [0, 0.05) is 5.69 Å². The van der Waals surface area contributed by atoms with Gasteiger partial charge in [-0.25, -0.2) is 0 Å². The molecule has 12 heavy (non-hydrogen) atoms. The number of rotatable bonds is 2. The van der Waals surface area contributed by atoms with Gasteiger partial charge >= 0.3 is 0 Å². The predicted molar refractivity (Wildman–Crippen MR) is 50.8 cm³/mol. The van der Waals surface area contributed by atoms with Crippen LogP contribution in [0.25, 0.3) is 0 Å². The number of aromatic nitrogens is 1. The van der Waals surface area contributed by atoms with Crippen molar-refractivity contribution < 1.29 is 0 Å². The standard InChI is InChI=1S/C10H14N2/c1-4-9(11)10-6-7(2)5-8(3)12-10/h4-6,9H,1,11H2,2-3H3. The molecule has 0 aliphatic rings. The van der Waals surface area contributed by atoms with Gasteiger partial charge in [0.2, 0.25) is 0 Å². The molecular weight excluding hydrogens is 148 g/mol. The van der Waals surface area contributed by atoms with Crippen LogP contribution in [-0.2, 0) is 0 Å². The van der Waals surface area contributed by atoms with Crippen molar-refractivity contribution in [3.05, 3.63) is 41.7 Å². The molecule has 1 rings (SSSR count). The molecule has 0 saturated carbocycles. The molecule has 0 spiro atoms. The monoisotopic (exact) mass is 162 g/mol. The largest absolute Gasteiger partial charge is 0.319 e. The van der Waals surface area contributed by atoms with E-state index in [1.807, 2.05) is 26.0 Å². The third-order valence-corrected chi connectivity index (χ3v) is 1.71. The lowest BCUT2D eigenvalue weighted by Crippen LogP contribution is -2.09. The summed E-state index contributed by atoms with van der Waals surface area (Å²) in [7, 11) is 0. The summed E-state index contributed by atoms with van der Waals surface area (Å²) < 4.78 is 0. The lowest BCUT2D eigenvalue weighted by molar-refractivity contribution is 0.851. The number of hydrogen-bond acceptors (Lipinski definition) is 2. The van der Waals surface area contributed by atoms with E-state index < -0.39 is 0 Å². The van der Waals surface area contributed by atoms with Crippen LogP contribution in [0.1, 0.15) is 23.0 Å². The van der Waals surface area contributed by atoms with Gasteiger partial charge in [-0.2, -0.15) is 0 Å². The molecule has 0 aliphatic carbocycles. The van der Waals surface area contributed by atoms with E-state index in [2.05, 4.69) is 11.6 Å². The Morgan fingerprint density at radius 2 is 2.17 bits per heavy atom. The molecule has 1 aromatic heterocycles. The van der Waals surface area contributed by atoms with Gasteiger partial charge in [-0.15, -0.1) is 6.58 Å². The molecule has 0 saturated heterocycles. The van der Waals surface area contributed by atoms with Gasteiger partial charge < -0.3 is 5.73 Å². The highest BCUT2D eigenvalue weighted by molar-refractivity contribution is 5.23. The van der Waals surface area contributed by atoms with Gasteiger partial charge in [-0.05, 0) is 31.5 Å². The van der Waals surface area contributed by atoms with Gasteiger partial charge in [0.25, 0.3) is 0 Å². The predicted octanol–water partition coefficient (Wildman–Crippen LogP) is 1.88. The zero-order valence-corrected chi connectivity index (χ0v) is 7.54. The molecule has 1 unspecified atom stereocenters. The summed E-state index contributed by atoms with van der Waals surface area (Å²) >= 11 is 0. The Morgan fingerprint density at radius 3 is 2.67 bits per heavy atom. The maximum Gasteiger partial charge on any atom is 0.0653 e. The molecule has 64 valence electrons. The van der Waals surface area contributed by atoms with Gasteiger partial charge in [0.15, 0.2) is 0 Å². The molecule has 2 nitrogen and oxygen atoms in total. The molecule has 0 aliphatic heterocycles. The van der Waals surface area contributed by atoms with E-state index in [4.69, 9.17) is 5.73 Å². The Labute approximate surface area is 73.1 Å². The molecule has 2 heteroatoms. The van der Waals surface area contributed by atoms with Crippen molar-refractivity contribution in [2.45, 2.75) is 19.9 Å². The van der Waals surface area contributed by atoms with E-state index in [1.165, 1.54) is 5.56 Å². The Kier molecular flexibility index (Phi) is 2.61. The fraction of sp³-hybridized carbons (Fsp3) is 0.300. The molecule has 0 aromatic carbocycles. The van der Waals surface area contributed by atoms with Crippen molar-refractivity contribution >= 4 is 0 Å². The first kappa shape index (κ1) is 8.94. The van der Waals surface area contributed by atoms with E-state index in [9.17, 15) is 0 Å². The third-order valence-electron chi connectivity index (χ3n) is 1.71. The Hall–Kier alpha value is -1.15. The molecule has 1 aromatic rings. The van der Waals surface area contributed by atoms with Crippen molar-refractivity contribution in [3.8, 4) is 0 Å². The van der Waals surface area contributed by atoms with Crippen LogP contribution in [0.2, 0.25) is 0 Å². The van der Waals surface area contributed by atoms with Crippen LogP contribution in [-0.4, -0.2) is 4.98 Å². The minimum atomic E-state index is -0.149. The van der Waals surface area contributed by atoms with Crippen LogP contribution in [0.3, 0.4) is 0 Å². The molecule has 2 N–H and O–H groups in total. The number of nitrogens with zero attached hydrogens (tertiary/aromatic N) is 1. The third kappa shape index (κ3) is 1.92. The second-order valence-corrected chi connectivity index (χ2v) is 2.97. The summed E-state index contributed by atoms with van der Waals surface area (Å²) in [5.74, 6) is 0. The minimum absolute atomic E-state index is 0.149. The molecule has 0 amide bonds. The average Bonchev–Trinajstić information content (AvgIpc) is 2.01. The topological polar surface area (TPSA) is 38.9 Å². The summed E-state index contributed by atoms with van der Waals surface area (Å²) in [6, 6.07) is 3.86. The van der Waals surface area contributed by atoms with E-state index in [-0.39, 0.29) is 6.04 Å². The van der Waals surface area contributed by atoms with Crippen molar-refractivity contribution in [3.63, 3.8) is 0 Å². The maximum atomic E-state index is 5.75. The molecular formula is C10H14N2. The van der Waals surface area contributed by atoms with Crippen LogP contribution in [0.5, 0.6) is 0 Å². The van der Waals surface area contributed by atoms with Gasteiger partial charge in [0.1, 0.15) is 0 Å². The van der Waals surface area contributed by atoms with Crippen LogP contribution >= 0.6 is 0 Å². The lowest BCUT2D eigenvalue weighted by Gasteiger charge is -2.07. The minimum Gasteiger partial charge on any atom is -0.319 e. The fourth-order valence-electron chi connectivity index (χ4n) is 1.16. The molecule has 1 atom stereocenters. The highest BCUT2D eigenvalue weighted by Crippen LogP contribution is 2.11. The summed E-state index contributed by atoms with van der Waals surface area (Å²) in [6.07, 6.45) is 1.70. The smallest absolute Gasteiger partial charge is 0.0653 e. The van der Waals surface area contributed by atoms with Crippen molar-refractivity contribution in [2.75, 3.05) is 0 Å². The van der Waals surface area contributed by atoms with Gasteiger partial charge in [-0.3, -0.25) is 4.98 Å². The number of aryl methyl sites for hydroxylation is 2. The molecule has 0 fully saturated rings. The Morgan fingerprint density at radius 1 is 1.50 bits per heavy atom. The Bertz CT molecular complexity index is 272. The number of nitrogens with two attached hydrogens (primary N) is 1. The first-order chi connectivity index (χ1) is 5.63. The first-order valence-corrected chi connectivity index (χ1v) is 3.97. The van der Waals surface area contributed by atoms with E-state index in [1.54, 1.807) is 6.08 Å². The quantitative estimate of drug-likeness (QED) is 0.674. The summed E-state index contributed by atoms with van der Waals surface area (Å²) in [5, 5.41) is 0. The van der Waals surface area contributed by atoms with Crippen LogP contribution in [0.15, 0.2) is 24.8 Å². The Balaban J connectivity index is 3.08. The second kappa shape index (κ2) is 3.50. The zero-order valence-electron chi connectivity index (χ0n) is 7.54. The summed E-state index contributed by atoms with van der Waals surface area (Å²) in [6.45, 7) is 7.63. The SMILES string of the molecule is C=CC(N)c1cc(C)cc(C)n1. The van der Waals surface area contributed by atoms with E-state index >= 15 is 0 Å². The summed E-state index contributed by atoms with van der Waals surface area (Å²) in [5.41, 5.74) is 8.83. The fourth-order valence-corrected chi connectivity index (χ4v) is 1.16. The molecule has 0 radical (unpaired) electrons. The number of pyridine rings is 1. The second-order valence-electron chi connectivity index (χ2n) is 2.97. The van der Waals surface area contributed by atoms with Gasteiger partial charge in [0.05, 0.1) is 11.7 Å². The van der Waals surface area contributed by atoms with E-state index in [0.717, 1.165) is 11.4 Å². The zero-order chi connectivity index (χ0) is 9.14. The van der Waals surface area contributed by atoms with Crippen molar-refractivity contribution in [1.82, 2.24) is 4.98 Å². The average molecular weight is 162 g/mol. The van der Waals surface area contributed by atoms with Gasteiger partial charge in [-0.1, -0.05) is 6.08 Å². The van der Waals surface area contributed by atoms with Crippen molar-refractivity contribution in [1.29, 1.82) is 0 Å². The van der Waals surface area contributed by atoms with Crippen molar-refractivity contribution in [2.24, 2.45) is 5.73 Å². The maximum absolute atomic E-state index is 5.75. The van der Waals surface area contributed by atoms with Crippen LogP contribution in [0, 0.1) is 13.8 Å². The van der Waals surface area contributed by atoms with E-state index in [0.29, 0.717) is 0 Å². The number of hydrogen-bond donors (Lipinski definition) is 1.